The Morgan fingerprint density at radius 1 is 1.22 bits per heavy atom. The summed E-state index contributed by atoms with van der Waals surface area (Å²) >= 11 is 0. The summed E-state index contributed by atoms with van der Waals surface area (Å²) in [4.78, 5) is 0. The van der Waals surface area contributed by atoms with Gasteiger partial charge in [0.25, 0.3) is 0 Å². The molecule has 0 radical (unpaired) electrons. The second-order valence-corrected chi connectivity index (χ2v) is 4.39. The van der Waals surface area contributed by atoms with Crippen LogP contribution in [-0.2, 0) is 13.0 Å². The highest BCUT2D eigenvalue weighted by atomic mass is 19.1. The minimum atomic E-state index is -0.252. The quantitative estimate of drug-likeness (QED) is 0.883. The van der Waals surface area contributed by atoms with Crippen molar-refractivity contribution in [2.24, 2.45) is 0 Å². The maximum Gasteiger partial charge on any atom is 0.230 e. The summed E-state index contributed by atoms with van der Waals surface area (Å²) in [5.41, 5.74) is 0.560. The molecule has 0 bridgehead atoms. The molecule has 0 fully saturated rings. The zero-order valence-corrected chi connectivity index (χ0v) is 10.5. The molecule has 1 aromatic carbocycles. The molecule has 1 heterocycles. The van der Waals surface area contributed by atoms with Gasteiger partial charge in [-0.1, -0.05) is 32.0 Å². The van der Waals surface area contributed by atoms with Crippen LogP contribution in [0.1, 0.15) is 31.2 Å². The predicted octanol–water partition coefficient (Wildman–Crippen LogP) is 2.30. The van der Waals surface area contributed by atoms with Crippen LogP contribution in [-0.4, -0.2) is 16.2 Å². The molecule has 0 amide bonds. The van der Waals surface area contributed by atoms with E-state index in [1.54, 1.807) is 18.2 Å². The lowest BCUT2D eigenvalue weighted by molar-refractivity contribution is 0.425. The maximum atomic E-state index is 13.4. The fourth-order valence-electron chi connectivity index (χ4n) is 1.53. The highest BCUT2D eigenvalue weighted by Crippen LogP contribution is 2.12. The van der Waals surface area contributed by atoms with Crippen LogP contribution in [0, 0.1) is 5.82 Å². The molecule has 1 N–H and O–H groups in total. The van der Waals surface area contributed by atoms with Gasteiger partial charge in [0.15, 0.2) is 0 Å². The summed E-state index contributed by atoms with van der Waals surface area (Å²) in [5.74, 6) is 0.702. The topological polar surface area (TPSA) is 51.0 Å². The first-order chi connectivity index (χ1) is 8.65. The van der Waals surface area contributed by atoms with Gasteiger partial charge in [-0.3, -0.25) is 0 Å². The van der Waals surface area contributed by atoms with Crippen LogP contribution < -0.4 is 5.32 Å². The van der Waals surface area contributed by atoms with E-state index in [4.69, 9.17) is 4.42 Å². The lowest BCUT2D eigenvalue weighted by Gasteiger charge is -2.03. The van der Waals surface area contributed by atoms with E-state index >= 15 is 0 Å². The van der Waals surface area contributed by atoms with Crippen molar-refractivity contribution in [3.05, 3.63) is 47.4 Å². The Morgan fingerprint density at radius 3 is 2.67 bits per heavy atom. The van der Waals surface area contributed by atoms with Crippen LogP contribution in [0.15, 0.2) is 28.7 Å². The second-order valence-electron chi connectivity index (χ2n) is 4.39. The third kappa shape index (κ3) is 3.37. The van der Waals surface area contributed by atoms with Crippen LogP contribution in [0.2, 0.25) is 0 Å². The van der Waals surface area contributed by atoms with E-state index in [-0.39, 0.29) is 5.82 Å². The average molecular weight is 249 g/mol. The zero-order valence-electron chi connectivity index (χ0n) is 10.5. The lowest BCUT2D eigenvalue weighted by Crippen LogP contribution is -2.21. The number of nitrogens with zero attached hydrogens (tertiary/aromatic N) is 2. The van der Waals surface area contributed by atoms with Crippen molar-refractivity contribution in [3.63, 3.8) is 0 Å². The number of rotatable bonds is 5. The Hall–Kier alpha value is -1.75. The first kappa shape index (κ1) is 12.7. The van der Waals surface area contributed by atoms with Crippen molar-refractivity contribution in [1.29, 1.82) is 0 Å². The van der Waals surface area contributed by atoms with Gasteiger partial charge >= 0.3 is 0 Å². The molecule has 2 rings (SSSR count). The molecule has 0 unspecified atom stereocenters. The van der Waals surface area contributed by atoms with Crippen molar-refractivity contribution in [1.82, 2.24) is 15.5 Å². The minimum absolute atomic E-state index is 0.252. The monoisotopic (exact) mass is 249 g/mol. The fraction of sp³-hybridized carbons (Fsp3) is 0.385. The zero-order chi connectivity index (χ0) is 13.0. The third-order valence-corrected chi connectivity index (χ3v) is 2.47. The van der Waals surface area contributed by atoms with Gasteiger partial charge in [-0.25, -0.2) is 4.39 Å². The van der Waals surface area contributed by atoms with E-state index in [9.17, 15) is 4.39 Å². The summed E-state index contributed by atoms with van der Waals surface area (Å²) in [5, 5.41) is 11.0. The van der Waals surface area contributed by atoms with E-state index in [2.05, 4.69) is 15.5 Å². The van der Waals surface area contributed by atoms with Gasteiger partial charge in [0.05, 0.1) is 13.0 Å². The van der Waals surface area contributed by atoms with E-state index in [0.29, 0.717) is 36.4 Å². The Bertz CT molecular complexity index is 510. The Morgan fingerprint density at radius 2 is 1.94 bits per heavy atom. The molecule has 4 nitrogen and oxygen atoms in total. The first-order valence-electron chi connectivity index (χ1n) is 5.93. The number of hydrogen-bond donors (Lipinski definition) is 1. The lowest BCUT2D eigenvalue weighted by atomic mass is 10.1. The van der Waals surface area contributed by atoms with Gasteiger partial charge in [0, 0.05) is 6.04 Å². The molecule has 0 aliphatic rings. The molecule has 0 atom stereocenters. The Kier molecular flexibility index (Phi) is 4.04. The molecule has 96 valence electrons. The van der Waals surface area contributed by atoms with Gasteiger partial charge in [-0.2, -0.15) is 0 Å². The van der Waals surface area contributed by atoms with Crippen LogP contribution in [0.3, 0.4) is 0 Å². The van der Waals surface area contributed by atoms with Gasteiger partial charge in [0.1, 0.15) is 5.82 Å². The third-order valence-electron chi connectivity index (χ3n) is 2.47. The average Bonchev–Trinajstić information content (AvgIpc) is 2.77. The molecule has 1 aromatic heterocycles. The number of hydrogen-bond acceptors (Lipinski definition) is 4. The van der Waals surface area contributed by atoms with Gasteiger partial charge in [0.2, 0.25) is 11.8 Å². The van der Waals surface area contributed by atoms with Gasteiger partial charge in [-0.15, -0.1) is 10.2 Å². The molecule has 0 aliphatic carbocycles. The largest absolute Gasteiger partial charge is 0.424 e. The molecule has 0 saturated heterocycles. The molecule has 0 saturated carbocycles. The fourth-order valence-corrected chi connectivity index (χ4v) is 1.53. The van der Waals surface area contributed by atoms with E-state index in [0.717, 1.165) is 0 Å². The minimum Gasteiger partial charge on any atom is -0.424 e. The summed E-state index contributed by atoms with van der Waals surface area (Å²) in [7, 11) is 0. The van der Waals surface area contributed by atoms with Crippen molar-refractivity contribution in [2.45, 2.75) is 32.9 Å². The van der Waals surface area contributed by atoms with Crippen molar-refractivity contribution in [2.75, 3.05) is 0 Å². The van der Waals surface area contributed by atoms with Crippen molar-refractivity contribution in [3.8, 4) is 0 Å². The number of nitrogens with one attached hydrogen (secondary N) is 1. The second kappa shape index (κ2) is 5.73. The van der Waals surface area contributed by atoms with Crippen molar-refractivity contribution >= 4 is 0 Å². The molecule has 2 aromatic rings. The maximum absolute atomic E-state index is 13.4. The van der Waals surface area contributed by atoms with Gasteiger partial charge < -0.3 is 9.73 Å². The molecular formula is C13H16FN3O. The Labute approximate surface area is 105 Å². The standard InChI is InChI=1S/C13H16FN3O/c1-9(2)15-8-13-17-16-12(18-13)7-10-5-3-4-6-11(10)14/h3-6,9,15H,7-8H2,1-2H3. The van der Waals surface area contributed by atoms with Crippen molar-refractivity contribution < 1.29 is 8.81 Å². The normalized spacial score (nSPS) is 11.1. The number of aromatic nitrogens is 2. The van der Waals surface area contributed by atoms with E-state index in [1.807, 2.05) is 13.8 Å². The SMILES string of the molecule is CC(C)NCc1nnc(Cc2ccccc2F)o1. The highest BCUT2D eigenvalue weighted by molar-refractivity contribution is 5.20. The summed E-state index contributed by atoms with van der Waals surface area (Å²) in [6, 6.07) is 6.94. The van der Waals surface area contributed by atoms with Crippen LogP contribution in [0.25, 0.3) is 0 Å². The molecule has 0 aliphatic heterocycles. The molecule has 5 heteroatoms. The van der Waals surface area contributed by atoms with Crippen LogP contribution >= 0.6 is 0 Å². The predicted molar refractivity (Wildman–Crippen MR) is 65.5 cm³/mol. The molecular weight excluding hydrogens is 233 g/mol. The highest BCUT2D eigenvalue weighted by Gasteiger charge is 2.09. The van der Waals surface area contributed by atoms with Gasteiger partial charge in [-0.05, 0) is 11.6 Å². The number of halogens is 1. The van der Waals surface area contributed by atoms with Crippen LogP contribution in [0.5, 0.6) is 0 Å². The summed E-state index contributed by atoms with van der Waals surface area (Å²) in [6.45, 7) is 4.61. The Balaban J connectivity index is 2.00. The first-order valence-corrected chi connectivity index (χ1v) is 5.93. The summed E-state index contributed by atoms with van der Waals surface area (Å²) in [6.07, 6.45) is 0.321. The van der Waals surface area contributed by atoms with E-state index < -0.39 is 0 Å². The molecule has 0 spiro atoms. The smallest absolute Gasteiger partial charge is 0.230 e. The molecule has 18 heavy (non-hydrogen) atoms. The van der Waals surface area contributed by atoms with Crippen LogP contribution in [0.4, 0.5) is 4.39 Å². The van der Waals surface area contributed by atoms with E-state index in [1.165, 1.54) is 6.07 Å². The number of benzene rings is 1. The summed E-state index contributed by atoms with van der Waals surface area (Å²) < 4.78 is 18.9.